The number of halogens is 1. The molecule has 7 nitrogen and oxygen atoms in total. The van der Waals surface area contributed by atoms with E-state index in [4.69, 9.17) is 21.1 Å². The number of nitrogens with zero attached hydrogens (tertiary/aromatic N) is 1. The van der Waals surface area contributed by atoms with Gasteiger partial charge < -0.3 is 20.1 Å². The zero-order chi connectivity index (χ0) is 17.6. The molecule has 2 fully saturated rings. The summed E-state index contributed by atoms with van der Waals surface area (Å²) >= 11 is 7.18. The molecule has 132 valence electrons. The number of rotatable bonds is 3. The molecule has 2 N–H and O–H groups in total. The summed E-state index contributed by atoms with van der Waals surface area (Å²) in [6.07, 6.45) is -0.500. The van der Waals surface area contributed by atoms with Crippen LogP contribution in [0.2, 0.25) is 5.15 Å². The Morgan fingerprint density at radius 3 is 2.56 bits per heavy atom. The van der Waals surface area contributed by atoms with E-state index in [1.54, 1.807) is 12.1 Å². The number of hydrogen-bond acceptors (Lipinski definition) is 6. The maximum absolute atomic E-state index is 12.6. The molecule has 4 rings (SSSR count). The van der Waals surface area contributed by atoms with E-state index in [1.807, 2.05) is 6.07 Å². The lowest BCUT2D eigenvalue weighted by Gasteiger charge is -2.17. The van der Waals surface area contributed by atoms with Gasteiger partial charge in [-0.05, 0) is 18.2 Å². The van der Waals surface area contributed by atoms with Crippen molar-refractivity contribution in [1.29, 1.82) is 0 Å². The van der Waals surface area contributed by atoms with Crippen LogP contribution in [-0.4, -0.2) is 54.3 Å². The van der Waals surface area contributed by atoms with Crippen LogP contribution in [-0.2, 0) is 14.3 Å². The topological polar surface area (TPSA) is 89.5 Å². The minimum atomic E-state index is -0.261. The van der Waals surface area contributed by atoms with Gasteiger partial charge in [0, 0.05) is 12.3 Å². The smallest absolute Gasteiger partial charge is 0.261 e. The molecule has 0 saturated carbocycles. The van der Waals surface area contributed by atoms with Crippen molar-refractivity contribution in [3.63, 3.8) is 0 Å². The van der Waals surface area contributed by atoms with E-state index in [0.29, 0.717) is 23.2 Å². The second-order valence-electron chi connectivity index (χ2n) is 6.12. The number of carbonyl (C=O) groups excluding carboxylic acids is 2. The van der Waals surface area contributed by atoms with Crippen molar-refractivity contribution in [2.75, 3.05) is 13.2 Å². The molecule has 0 spiro atoms. The molecule has 4 atom stereocenters. The molecule has 0 aromatic carbocycles. The number of ether oxygens (including phenoxy) is 2. The summed E-state index contributed by atoms with van der Waals surface area (Å²) < 4.78 is 11.5. The fourth-order valence-electron chi connectivity index (χ4n) is 3.25. The average molecular weight is 382 g/mol. The van der Waals surface area contributed by atoms with Crippen LogP contribution in [0, 0.1) is 0 Å². The van der Waals surface area contributed by atoms with Crippen LogP contribution in [0.3, 0.4) is 0 Å². The summed E-state index contributed by atoms with van der Waals surface area (Å²) in [5, 5.41) is 7.06. The summed E-state index contributed by atoms with van der Waals surface area (Å²) in [6.45, 7) is 2.20. The Hall–Kier alpha value is -1.74. The van der Waals surface area contributed by atoms with E-state index < -0.39 is 0 Å². The van der Waals surface area contributed by atoms with Gasteiger partial charge in [-0.15, -0.1) is 11.3 Å². The van der Waals surface area contributed by atoms with Crippen LogP contribution in [0.1, 0.15) is 16.6 Å². The van der Waals surface area contributed by atoms with Gasteiger partial charge in [0.1, 0.15) is 22.2 Å². The SMILES string of the molecule is CC(=O)N[C@H]1CO[C@H]2[C@@H]1OC[C@@H]2NC(=O)c1cc2ccc(Cl)nc2s1. The van der Waals surface area contributed by atoms with Gasteiger partial charge in [-0.3, -0.25) is 9.59 Å². The molecule has 0 bridgehead atoms. The fraction of sp³-hybridized carbons (Fsp3) is 0.438. The second-order valence-corrected chi connectivity index (χ2v) is 7.54. The Labute approximate surface area is 152 Å². The third-order valence-electron chi connectivity index (χ3n) is 4.33. The molecular formula is C16H16ClN3O4S. The van der Waals surface area contributed by atoms with Gasteiger partial charge in [0.25, 0.3) is 5.91 Å². The molecule has 2 aromatic rings. The maximum atomic E-state index is 12.6. The summed E-state index contributed by atoms with van der Waals surface area (Å²) in [5.41, 5.74) is 0. The number of aromatic nitrogens is 1. The van der Waals surface area contributed by atoms with Gasteiger partial charge in [-0.1, -0.05) is 11.6 Å². The van der Waals surface area contributed by atoms with Gasteiger partial charge in [-0.25, -0.2) is 4.98 Å². The first-order chi connectivity index (χ1) is 12.0. The number of pyridine rings is 1. The van der Waals surface area contributed by atoms with E-state index in [9.17, 15) is 9.59 Å². The number of carbonyl (C=O) groups is 2. The Balaban J connectivity index is 1.45. The minimum Gasteiger partial charge on any atom is -0.371 e. The Morgan fingerprint density at radius 1 is 1.20 bits per heavy atom. The van der Waals surface area contributed by atoms with Crippen LogP contribution in [0.5, 0.6) is 0 Å². The summed E-state index contributed by atoms with van der Waals surface area (Å²) in [5.74, 6) is -0.318. The van der Waals surface area contributed by atoms with Crippen LogP contribution in [0.15, 0.2) is 18.2 Å². The molecule has 0 aliphatic carbocycles. The molecule has 0 radical (unpaired) electrons. The predicted octanol–water partition coefficient (Wildman–Crippen LogP) is 1.35. The molecule has 9 heteroatoms. The van der Waals surface area contributed by atoms with Gasteiger partial charge in [-0.2, -0.15) is 0 Å². The van der Waals surface area contributed by atoms with E-state index in [2.05, 4.69) is 15.6 Å². The van der Waals surface area contributed by atoms with Gasteiger partial charge in [0.2, 0.25) is 5.91 Å². The van der Waals surface area contributed by atoms with Gasteiger partial charge in [0.15, 0.2) is 0 Å². The van der Waals surface area contributed by atoms with E-state index in [-0.39, 0.29) is 36.1 Å². The Morgan fingerprint density at radius 2 is 1.88 bits per heavy atom. The number of hydrogen-bond donors (Lipinski definition) is 2. The van der Waals surface area contributed by atoms with Gasteiger partial charge >= 0.3 is 0 Å². The van der Waals surface area contributed by atoms with Gasteiger partial charge in [0.05, 0.1) is 30.2 Å². The normalized spacial score (nSPS) is 28.1. The van der Waals surface area contributed by atoms with Crippen LogP contribution in [0.4, 0.5) is 0 Å². The third kappa shape index (κ3) is 3.22. The zero-order valence-corrected chi connectivity index (χ0v) is 14.9. The molecule has 2 aliphatic heterocycles. The lowest BCUT2D eigenvalue weighted by molar-refractivity contribution is -0.120. The first-order valence-corrected chi connectivity index (χ1v) is 9.08. The summed E-state index contributed by atoms with van der Waals surface area (Å²) in [4.78, 5) is 29.3. The standard InChI is InChI=1S/C16H16ClN3O4S/c1-7(21)18-9-5-23-14-10(6-24-13(9)14)19-15(22)11-4-8-2-3-12(17)20-16(8)25-11/h2-4,9-10,13-14H,5-6H2,1H3,(H,18,21)(H,19,22)/t9-,10-,13+,14+/m0/s1. The van der Waals surface area contributed by atoms with Crippen LogP contribution >= 0.6 is 22.9 Å². The molecular weight excluding hydrogens is 366 g/mol. The van der Waals surface area contributed by atoms with E-state index in [0.717, 1.165) is 10.2 Å². The zero-order valence-electron chi connectivity index (χ0n) is 13.3. The number of fused-ring (bicyclic) bond motifs is 2. The van der Waals surface area contributed by atoms with Crippen molar-refractivity contribution in [3.05, 3.63) is 28.2 Å². The first kappa shape index (κ1) is 16.7. The maximum Gasteiger partial charge on any atom is 0.261 e. The molecule has 2 aromatic heterocycles. The molecule has 0 unspecified atom stereocenters. The van der Waals surface area contributed by atoms with Crippen molar-refractivity contribution < 1.29 is 19.1 Å². The molecule has 25 heavy (non-hydrogen) atoms. The highest BCUT2D eigenvalue weighted by molar-refractivity contribution is 7.20. The van der Waals surface area contributed by atoms with Crippen molar-refractivity contribution >= 4 is 45.0 Å². The largest absolute Gasteiger partial charge is 0.371 e. The second kappa shape index (κ2) is 6.53. The number of nitrogens with one attached hydrogen (secondary N) is 2. The highest BCUT2D eigenvalue weighted by Gasteiger charge is 2.48. The number of thiophene rings is 1. The Bertz CT molecular complexity index is 842. The monoisotopic (exact) mass is 381 g/mol. The van der Waals surface area contributed by atoms with E-state index >= 15 is 0 Å². The fourth-order valence-corrected chi connectivity index (χ4v) is 4.39. The lowest BCUT2D eigenvalue weighted by Crippen LogP contribution is -2.46. The van der Waals surface area contributed by atoms with Crippen molar-refractivity contribution in [2.24, 2.45) is 0 Å². The molecule has 2 amide bonds. The van der Waals surface area contributed by atoms with Crippen LogP contribution in [0.25, 0.3) is 10.2 Å². The first-order valence-electron chi connectivity index (χ1n) is 7.88. The highest BCUT2D eigenvalue weighted by Crippen LogP contribution is 2.29. The lowest BCUT2D eigenvalue weighted by atomic mass is 10.1. The minimum absolute atomic E-state index is 0.123. The summed E-state index contributed by atoms with van der Waals surface area (Å²) in [7, 11) is 0. The molecule has 2 aliphatic rings. The van der Waals surface area contributed by atoms with Crippen molar-refractivity contribution in [1.82, 2.24) is 15.6 Å². The van der Waals surface area contributed by atoms with Crippen molar-refractivity contribution in [2.45, 2.75) is 31.2 Å². The average Bonchev–Trinajstić information content (AvgIpc) is 3.23. The highest BCUT2D eigenvalue weighted by atomic mass is 35.5. The molecule has 4 heterocycles. The number of amides is 2. The van der Waals surface area contributed by atoms with E-state index in [1.165, 1.54) is 18.3 Å². The summed E-state index contributed by atoms with van der Waals surface area (Å²) in [6, 6.07) is 4.90. The van der Waals surface area contributed by atoms with Crippen LogP contribution < -0.4 is 10.6 Å². The molecule has 2 saturated heterocycles. The predicted molar refractivity (Wildman–Crippen MR) is 93.0 cm³/mol. The van der Waals surface area contributed by atoms with Crippen molar-refractivity contribution in [3.8, 4) is 0 Å². The third-order valence-corrected chi connectivity index (χ3v) is 5.59. The quantitative estimate of drug-likeness (QED) is 0.783. The Kier molecular flexibility index (Phi) is 4.36.